The summed E-state index contributed by atoms with van der Waals surface area (Å²) in [6.45, 7) is 0. The maximum Gasteiger partial charge on any atom is 0.261 e. The highest BCUT2D eigenvalue weighted by atomic mass is 32.1. The van der Waals surface area contributed by atoms with Crippen LogP contribution in [-0.4, -0.2) is 15.9 Å². The van der Waals surface area contributed by atoms with Crippen molar-refractivity contribution in [3.63, 3.8) is 0 Å². The van der Waals surface area contributed by atoms with Gasteiger partial charge in [0.2, 0.25) is 0 Å². The molecular weight excluding hydrogens is 356 g/mol. The number of benzene rings is 2. The van der Waals surface area contributed by atoms with Crippen LogP contribution in [0.1, 0.15) is 10.4 Å². The third-order valence-electron chi connectivity index (χ3n) is 3.72. The fourth-order valence-electron chi connectivity index (χ4n) is 2.53. The van der Waals surface area contributed by atoms with Crippen LogP contribution in [0.15, 0.2) is 60.8 Å². The van der Waals surface area contributed by atoms with E-state index in [4.69, 9.17) is 0 Å². The van der Waals surface area contributed by atoms with E-state index >= 15 is 0 Å². The van der Waals surface area contributed by atoms with E-state index in [1.807, 2.05) is 18.2 Å². The Morgan fingerprint density at radius 2 is 1.77 bits per heavy atom. The molecule has 0 spiro atoms. The van der Waals surface area contributed by atoms with Crippen molar-refractivity contribution in [2.24, 2.45) is 0 Å². The standard InChI is InChI=1S/C19H11F2N3OS/c20-13-6-2-7-14(21)16(13)17(25)23-12-5-1-4-11(10-12)18-24-15-8-3-9-22-19(15)26-18/h1-10H,(H,23,25). The van der Waals surface area contributed by atoms with Gasteiger partial charge in [0.25, 0.3) is 5.91 Å². The third-order valence-corrected chi connectivity index (χ3v) is 4.75. The Bertz CT molecular complexity index is 1070. The van der Waals surface area contributed by atoms with Crippen LogP contribution in [0.5, 0.6) is 0 Å². The fourth-order valence-corrected chi connectivity index (χ4v) is 3.44. The average Bonchev–Trinajstić information content (AvgIpc) is 3.06. The van der Waals surface area contributed by atoms with Gasteiger partial charge in [-0.25, -0.2) is 18.7 Å². The molecule has 0 unspecified atom stereocenters. The maximum absolute atomic E-state index is 13.7. The molecule has 7 heteroatoms. The van der Waals surface area contributed by atoms with Crippen molar-refractivity contribution < 1.29 is 13.6 Å². The summed E-state index contributed by atoms with van der Waals surface area (Å²) in [7, 11) is 0. The second-order valence-corrected chi connectivity index (χ2v) is 6.46. The number of nitrogens with zero attached hydrogens (tertiary/aromatic N) is 2. The van der Waals surface area contributed by atoms with Crippen LogP contribution in [-0.2, 0) is 0 Å². The first-order valence-electron chi connectivity index (χ1n) is 7.69. The molecule has 1 N–H and O–H groups in total. The molecule has 0 fully saturated rings. The van der Waals surface area contributed by atoms with Crippen molar-refractivity contribution in [1.29, 1.82) is 0 Å². The van der Waals surface area contributed by atoms with Gasteiger partial charge in [-0.05, 0) is 36.4 Å². The van der Waals surface area contributed by atoms with E-state index in [1.165, 1.54) is 17.4 Å². The maximum atomic E-state index is 13.7. The molecule has 128 valence electrons. The molecule has 0 atom stereocenters. The number of anilines is 1. The Hall–Kier alpha value is -3.19. The van der Waals surface area contributed by atoms with Gasteiger partial charge < -0.3 is 5.32 Å². The lowest BCUT2D eigenvalue weighted by molar-refractivity contribution is 0.101. The number of carbonyl (C=O) groups excluding carboxylic acids is 1. The summed E-state index contributed by atoms with van der Waals surface area (Å²) in [6, 6.07) is 13.9. The lowest BCUT2D eigenvalue weighted by atomic mass is 10.1. The van der Waals surface area contributed by atoms with E-state index in [-0.39, 0.29) is 0 Å². The first-order chi connectivity index (χ1) is 12.6. The lowest BCUT2D eigenvalue weighted by Crippen LogP contribution is -2.15. The zero-order chi connectivity index (χ0) is 18.1. The van der Waals surface area contributed by atoms with Crippen LogP contribution >= 0.6 is 11.3 Å². The first kappa shape index (κ1) is 16.3. The number of hydrogen-bond acceptors (Lipinski definition) is 4. The molecule has 26 heavy (non-hydrogen) atoms. The topological polar surface area (TPSA) is 54.9 Å². The zero-order valence-corrected chi connectivity index (χ0v) is 14.1. The van der Waals surface area contributed by atoms with Crippen molar-refractivity contribution in [3.8, 4) is 10.6 Å². The van der Waals surface area contributed by atoms with Crippen LogP contribution in [0.25, 0.3) is 20.9 Å². The number of carbonyl (C=O) groups is 1. The molecule has 2 heterocycles. The van der Waals surface area contributed by atoms with Crippen LogP contribution in [0.2, 0.25) is 0 Å². The van der Waals surface area contributed by atoms with Crippen molar-refractivity contribution in [3.05, 3.63) is 78.0 Å². The lowest BCUT2D eigenvalue weighted by Gasteiger charge is -2.08. The number of pyridine rings is 1. The highest BCUT2D eigenvalue weighted by molar-refractivity contribution is 7.21. The van der Waals surface area contributed by atoms with Gasteiger partial charge in [0.05, 0.1) is 0 Å². The summed E-state index contributed by atoms with van der Waals surface area (Å²) in [5.74, 6) is -2.66. The molecule has 1 amide bonds. The van der Waals surface area contributed by atoms with Gasteiger partial charge in [0.1, 0.15) is 32.6 Å². The average molecular weight is 367 g/mol. The molecule has 0 aliphatic carbocycles. The molecule has 2 aromatic carbocycles. The molecule has 4 nitrogen and oxygen atoms in total. The second-order valence-electron chi connectivity index (χ2n) is 5.48. The number of thiazole rings is 1. The highest BCUT2D eigenvalue weighted by Gasteiger charge is 2.17. The number of nitrogens with one attached hydrogen (secondary N) is 1. The predicted molar refractivity (Wildman–Crippen MR) is 97.2 cm³/mol. The van der Waals surface area contributed by atoms with Crippen molar-refractivity contribution in [2.75, 3.05) is 5.32 Å². The van der Waals surface area contributed by atoms with Crippen LogP contribution in [0.3, 0.4) is 0 Å². The molecule has 4 rings (SSSR count). The van der Waals surface area contributed by atoms with Gasteiger partial charge in [-0.15, -0.1) is 0 Å². The number of rotatable bonds is 3. The monoisotopic (exact) mass is 367 g/mol. The van der Waals surface area contributed by atoms with Gasteiger partial charge in [-0.1, -0.05) is 29.5 Å². The minimum Gasteiger partial charge on any atom is -0.322 e. The molecular formula is C19H11F2N3OS. The van der Waals surface area contributed by atoms with E-state index in [9.17, 15) is 13.6 Å². The Labute approximate surface area is 151 Å². The Morgan fingerprint density at radius 3 is 2.54 bits per heavy atom. The second kappa shape index (κ2) is 6.61. The van der Waals surface area contributed by atoms with E-state index in [2.05, 4.69) is 15.3 Å². The fraction of sp³-hybridized carbons (Fsp3) is 0. The molecule has 2 aromatic heterocycles. The molecule has 0 saturated heterocycles. The van der Waals surface area contributed by atoms with Crippen LogP contribution in [0, 0.1) is 11.6 Å². The number of halogens is 2. The number of amides is 1. The highest BCUT2D eigenvalue weighted by Crippen LogP contribution is 2.30. The van der Waals surface area contributed by atoms with Crippen molar-refractivity contribution >= 4 is 33.3 Å². The SMILES string of the molecule is O=C(Nc1cccc(-c2nc3cccnc3s2)c1)c1c(F)cccc1F. The summed E-state index contributed by atoms with van der Waals surface area (Å²) < 4.78 is 27.5. The van der Waals surface area contributed by atoms with Crippen molar-refractivity contribution in [2.45, 2.75) is 0 Å². The minimum absolute atomic E-state index is 0.419. The Balaban J connectivity index is 1.64. The molecule has 0 radical (unpaired) electrons. The molecule has 0 saturated carbocycles. The number of aromatic nitrogens is 2. The largest absolute Gasteiger partial charge is 0.322 e. The Morgan fingerprint density at radius 1 is 1.00 bits per heavy atom. The third kappa shape index (κ3) is 3.04. The zero-order valence-electron chi connectivity index (χ0n) is 13.2. The van der Waals surface area contributed by atoms with Crippen LogP contribution in [0.4, 0.5) is 14.5 Å². The van der Waals surface area contributed by atoms with Crippen molar-refractivity contribution in [1.82, 2.24) is 9.97 Å². The van der Waals surface area contributed by atoms with Gasteiger partial charge >= 0.3 is 0 Å². The summed E-state index contributed by atoms with van der Waals surface area (Å²) in [5, 5.41) is 3.27. The smallest absolute Gasteiger partial charge is 0.261 e. The summed E-state index contributed by atoms with van der Waals surface area (Å²) in [4.78, 5) is 21.8. The predicted octanol–water partition coefficient (Wildman–Crippen LogP) is 4.89. The quantitative estimate of drug-likeness (QED) is 0.561. The van der Waals surface area contributed by atoms with Crippen LogP contribution < -0.4 is 5.32 Å². The summed E-state index contributed by atoms with van der Waals surface area (Å²) in [6.07, 6.45) is 1.70. The van der Waals surface area contributed by atoms with E-state index in [1.54, 1.807) is 24.4 Å². The minimum atomic E-state index is -0.907. The normalized spacial score (nSPS) is 10.8. The Kier molecular flexibility index (Phi) is 4.14. The number of fused-ring (bicyclic) bond motifs is 1. The molecule has 0 aliphatic rings. The molecule has 4 aromatic rings. The van der Waals surface area contributed by atoms with E-state index in [0.717, 1.165) is 33.1 Å². The molecule has 0 bridgehead atoms. The first-order valence-corrected chi connectivity index (χ1v) is 8.51. The van der Waals surface area contributed by atoms with E-state index < -0.39 is 23.1 Å². The van der Waals surface area contributed by atoms with Gasteiger partial charge in [-0.2, -0.15) is 0 Å². The van der Waals surface area contributed by atoms with E-state index in [0.29, 0.717) is 5.69 Å². The summed E-state index contributed by atoms with van der Waals surface area (Å²) >= 11 is 1.42. The van der Waals surface area contributed by atoms with Gasteiger partial charge in [0, 0.05) is 17.4 Å². The van der Waals surface area contributed by atoms with Gasteiger partial charge in [-0.3, -0.25) is 4.79 Å². The molecule has 0 aliphatic heterocycles. The summed E-state index contributed by atoms with van der Waals surface area (Å²) in [5.41, 5.74) is 1.37. The van der Waals surface area contributed by atoms with Gasteiger partial charge in [0.15, 0.2) is 0 Å². The number of hydrogen-bond donors (Lipinski definition) is 1.